The van der Waals surface area contributed by atoms with Crippen LogP contribution in [0.2, 0.25) is 10.0 Å². The lowest BCUT2D eigenvalue weighted by Gasteiger charge is -2.30. The SMILES string of the molecule is C=CCN(CC=C)CN1C(=O)NC(c2ccccc2)(c2ccc(Cl)cc2Cl)C1=O. The average molecular weight is 430 g/mol. The zero-order chi connectivity index (χ0) is 21.0. The van der Waals surface area contributed by atoms with E-state index in [-0.39, 0.29) is 6.67 Å². The van der Waals surface area contributed by atoms with Gasteiger partial charge in [0, 0.05) is 28.7 Å². The molecule has 0 saturated carbocycles. The first-order chi connectivity index (χ1) is 13.9. The van der Waals surface area contributed by atoms with E-state index in [0.717, 1.165) is 0 Å². The number of hydrogen-bond donors (Lipinski definition) is 1. The molecule has 150 valence electrons. The molecule has 29 heavy (non-hydrogen) atoms. The van der Waals surface area contributed by atoms with E-state index < -0.39 is 17.5 Å². The number of hydrogen-bond acceptors (Lipinski definition) is 3. The van der Waals surface area contributed by atoms with Gasteiger partial charge in [-0.15, -0.1) is 13.2 Å². The minimum absolute atomic E-state index is 0.0997. The van der Waals surface area contributed by atoms with E-state index in [9.17, 15) is 9.59 Å². The van der Waals surface area contributed by atoms with Gasteiger partial charge in [0.25, 0.3) is 5.91 Å². The third kappa shape index (κ3) is 3.94. The number of halogens is 2. The minimum atomic E-state index is -1.44. The molecule has 1 fully saturated rings. The molecule has 1 aliphatic rings. The van der Waals surface area contributed by atoms with Crippen LogP contribution in [0.3, 0.4) is 0 Å². The second-order valence-electron chi connectivity index (χ2n) is 6.66. The van der Waals surface area contributed by atoms with Crippen molar-refractivity contribution >= 4 is 35.1 Å². The van der Waals surface area contributed by atoms with Crippen molar-refractivity contribution < 1.29 is 9.59 Å². The number of benzene rings is 2. The Labute approximate surface area is 180 Å². The lowest BCUT2D eigenvalue weighted by molar-refractivity contribution is -0.131. The van der Waals surface area contributed by atoms with Crippen LogP contribution < -0.4 is 5.32 Å². The van der Waals surface area contributed by atoms with E-state index in [1.165, 1.54) is 4.90 Å². The van der Waals surface area contributed by atoms with E-state index in [0.29, 0.717) is 34.3 Å². The van der Waals surface area contributed by atoms with E-state index in [1.54, 1.807) is 42.5 Å². The summed E-state index contributed by atoms with van der Waals surface area (Å²) in [5.41, 5.74) is -0.354. The fourth-order valence-corrected chi connectivity index (χ4v) is 4.03. The topological polar surface area (TPSA) is 52.6 Å². The van der Waals surface area contributed by atoms with Crippen molar-refractivity contribution in [2.75, 3.05) is 19.8 Å². The van der Waals surface area contributed by atoms with Gasteiger partial charge >= 0.3 is 6.03 Å². The van der Waals surface area contributed by atoms with Crippen molar-refractivity contribution in [1.82, 2.24) is 15.1 Å². The average Bonchev–Trinajstić information content (AvgIpc) is 2.94. The van der Waals surface area contributed by atoms with Crippen LogP contribution in [0, 0.1) is 0 Å². The van der Waals surface area contributed by atoms with Crippen molar-refractivity contribution in [3.8, 4) is 0 Å². The molecule has 2 aromatic carbocycles. The third-order valence-electron chi connectivity index (χ3n) is 4.76. The van der Waals surface area contributed by atoms with Crippen LogP contribution in [-0.4, -0.2) is 41.5 Å². The summed E-state index contributed by atoms with van der Waals surface area (Å²) in [5.74, 6) is -0.406. The highest BCUT2D eigenvalue weighted by molar-refractivity contribution is 6.35. The third-order valence-corrected chi connectivity index (χ3v) is 5.31. The van der Waals surface area contributed by atoms with E-state index in [1.807, 2.05) is 23.1 Å². The molecule has 0 bridgehead atoms. The minimum Gasteiger partial charge on any atom is -0.315 e. The number of carbonyl (C=O) groups excluding carboxylic acids is 2. The predicted molar refractivity (Wildman–Crippen MR) is 116 cm³/mol. The molecule has 5 nitrogen and oxygen atoms in total. The number of imide groups is 1. The second-order valence-corrected chi connectivity index (χ2v) is 7.50. The van der Waals surface area contributed by atoms with Gasteiger partial charge < -0.3 is 5.32 Å². The number of nitrogens with zero attached hydrogens (tertiary/aromatic N) is 2. The fraction of sp³-hybridized carbons (Fsp3) is 0.182. The molecule has 3 rings (SSSR count). The maximum Gasteiger partial charge on any atom is 0.326 e. The molecule has 2 aromatic rings. The van der Waals surface area contributed by atoms with Crippen LogP contribution in [0.25, 0.3) is 0 Å². The van der Waals surface area contributed by atoms with Gasteiger partial charge in [0.15, 0.2) is 5.54 Å². The molecule has 3 amide bonds. The molecular weight excluding hydrogens is 409 g/mol. The van der Waals surface area contributed by atoms with E-state index >= 15 is 0 Å². The quantitative estimate of drug-likeness (QED) is 0.498. The molecule has 1 heterocycles. The number of carbonyl (C=O) groups is 2. The first kappa shape index (κ1) is 21.1. The summed E-state index contributed by atoms with van der Waals surface area (Å²) >= 11 is 12.5. The van der Waals surface area contributed by atoms with Crippen molar-refractivity contribution in [3.05, 3.63) is 95.0 Å². The highest BCUT2D eigenvalue weighted by Gasteiger charge is 2.54. The fourth-order valence-electron chi connectivity index (χ4n) is 3.48. The normalized spacial score (nSPS) is 18.8. The monoisotopic (exact) mass is 429 g/mol. The summed E-state index contributed by atoms with van der Waals surface area (Å²) < 4.78 is 0. The maximum atomic E-state index is 13.7. The molecule has 0 aliphatic carbocycles. The van der Waals surface area contributed by atoms with Crippen molar-refractivity contribution in [1.29, 1.82) is 0 Å². The van der Waals surface area contributed by atoms with Crippen LogP contribution >= 0.6 is 23.2 Å². The number of urea groups is 1. The van der Waals surface area contributed by atoms with Crippen LogP contribution in [-0.2, 0) is 10.3 Å². The van der Waals surface area contributed by atoms with Crippen molar-refractivity contribution in [3.63, 3.8) is 0 Å². The zero-order valence-corrected chi connectivity index (χ0v) is 17.3. The van der Waals surface area contributed by atoms with Gasteiger partial charge in [-0.2, -0.15) is 0 Å². The summed E-state index contributed by atoms with van der Waals surface area (Å²) in [6.45, 7) is 8.56. The van der Waals surface area contributed by atoms with Crippen LogP contribution in [0.15, 0.2) is 73.8 Å². The Bertz CT molecular complexity index is 938. The standard InChI is InChI=1S/C22H21Cl2N3O2/c1-3-12-26(13-4-2)15-27-20(28)22(25-21(27)29,16-8-6-5-7-9-16)18-11-10-17(23)14-19(18)24/h3-11,14H,1-2,12-13,15H2,(H,25,29). The lowest BCUT2D eigenvalue weighted by atomic mass is 9.82. The molecule has 7 heteroatoms. The van der Waals surface area contributed by atoms with Gasteiger partial charge in [-0.3, -0.25) is 9.69 Å². The lowest BCUT2D eigenvalue weighted by Crippen LogP contribution is -2.46. The molecule has 1 unspecified atom stereocenters. The summed E-state index contributed by atoms with van der Waals surface area (Å²) in [4.78, 5) is 29.7. The molecule has 0 spiro atoms. The van der Waals surface area contributed by atoms with Crippen LogP contribution in [0.1, 0.15) is 11.1 Å². The summed E-state index contributed by atoms with van der Waals surface area (Å²) in [6.07, 6.45) is 3.42. The molecule has 0 radical (unpaired) electrons. The van der Waals surface area contributed by atoms with Gasteiger partial charge in [0.05, 0.1) is 6.67 Å². The van der Waals surface area contributed by atoms with Gasteiger partial charge in [-0.05, 0) is 17.7 Å². The zero-order valence-electron chi connectivity index (χ0n) is 15.8. The van der Waals surface area contributed by atoms with Crippen LogP contribution in [0.4, 0.5) is 4.79 Å². The highest BCUT2D eigenvalue weighted by atomic mass is 35.5. The predicted octanol–water partition coefficient (Wildman–Crippen LogP) is 4.42. The second kappa shape index (κ2) is 8.82. The Morgan fingerprint density at radius 1 is 1.03 bits per heavy atom. The Kier molecular flexibility index (Phi) is 6.42. The first-order valence-corrected chi connectivity index (χ1v) is 9.79. The van der Waals surface area contributed by atoms with Gasteiger partial charge in [0.2, 0.25) is 0 Å². The largest absolute Gasteiger partial charge is 0.326 e. The van der Waals surface area contributed by atoms with Crippen molar-refractivity contribution in [2.45, 2.75) is 5.54 Å². The van der Waals surface area contributed by atoms with Gasteiger partial charge in [-0.25, -0.2) is 9.69 Å². The van der Waals surface area contributed by atoms with Crippen LogP contribution in [0.5, 0.6) is 0 Å². The maximum absolute atomic E-state index is 13.7. The Hall–Kier alpha value is -2.60. The van der Waals surface area contributed by atoms with Crippen molar-refractivity contribution in [2.24, 2.45) is 0 Å². The van der Waals surface area contributed by atoms with Gasteiger partial charge in [-0.1, -0.05) is 71.8 Å². The van der Waals surface area contributed by atoms with E-state index in [2.05, 4.69) is 18.5 Å². The Balaban J connectivity index is 2.10. The molecule has 0 aromatic heterocycles. The summed E-state index contributed by atoms with van der Waals surface area (Å²) in [7, 11) is 0. The Morgan fingerprint density at radius 2 is 1.69 bits per heavy atom. The number of rotatable bonds is 8. The Morgan fingerprint density at radius 3 is 2.28 bits per heavy atom. The summed E-state index contributed by atoms with van der Waals surface area (Å²) in [5, 5.41) is 3.62. The first-order valence-electron chi connectivity index (χ1n) is 9.03. The number of amides is 3. The number of nitrogens with one attached hydrogen (secondary N) is 1. The van der Waals surface area contributed by atoms with E-state index in [4.69, 9.17) is 23.2 Å². The summed E-state index contributed by atoms with van der Waals surface area (Å²) in [6, 6.07) is 13.4. The molecule has 1 atom stereocenters. The molecule has 1 saturated heterocycles. The van der Waals surface area contributed by atoms with Gasteiger partial charge in [0.1, 0.15) is 0 Å². The molecular formula is C22H21Cl2N3O2. The molecule has 1 aliphatic heterocycles. The highest BCUT2D eigenvalue weighted by Crippen LogP contribution is 2.40. The smallest absolute Gasteiger partial charge is 0.315 e. The molecule has 1 N–H and O–H groups in total.